The second-order valence-electron chi connectivity index (χ2n) is 6.23. The largest absolute Gasteiger partial charge is 0.369 e. The molecule has 4 aromatic rings. The number of H-pyrrole nitrogens is 1. The minimum atomic E-state index is 0.484. The van der Waals surface area contributed by atoms with Crippen LogP contribution in [0.15, 0.2) is 47.2 Å². The molecule has 26 heavy (non-hydrogen) atoms. The fraction of sp³-hybridized carbons (Fsp3) is 0.250. The summed E-state index contributed by atoms with van der Waals surface area (Å²) in [6.45, 7) is 4.75. The lowest BCUT2D eigenvalue weighted by Crippen LogP contribution is -2.07. The number of hydrogen-bond acceptors (Lipinski definition) is 5. The lowest BCUT2D eigenvalue weighted by atomic mass is 10.1. The number of para-hydroxylation sites is 1. The summed E-state index contributed by atoms with van der Waals surface area (Å²) in [5.41, 5.74) is 4.71. The van der Waals surface area contributed by atoms with Crippen LogP contribution >= 0.6 is 0 Å². The number of hydrogen-bond donors (Lipinski definition) is 2. The standard InChI is InChI=1S/C20H21N5O/c1-3-14-6-4-7-16-15(12-23-18(14)16)9-11-22-19-17(8-5-10-21-19)20-24-13(2)25-26-20/h4-8,10,12,23H,3,9,11H2,1-2H3,(H,21,22). The Morgan fingerprint density at radius 3 is 2.88 bits per heavy atom. The van der Waals surface area contributed by atoms with E-state index in [1.807, 2.05) is 12.1 Å². The summed E-state index contributed by atoms with van der Waals surface area (Å²) in [5, 5.41) is 8.55. The number of aromatic amines is 1. The van der Waals surface area contributed by atoms with E-state index in [0.29, 0.717) is 11.7 Å². The first-order valence-corrected chi connectivity index (χ1v) is 8.83. The quantitative estimate of drug-likeness (QED) is 0.548. The van der Waals surface area contributed by atoms with E-state index in [1.54, 1.807) is 13.1 Å². The van der Waals surface area contributed by atoms with Crippen molar-refractivity contribution in [3.05, 3.63) is 59.7 Å². The van der Waals surface area contributed by atoms with Crippen LogP contribution < -0.4 is 5.32 Å². The van der Waals surface area contributed by atoms with Crippen LogP contribution in [0.4, 0.5) is 5.82 Å². The molecule has 0 aliphatic rings. The predicted molar refractivity (Wildman–Crippen MR) is 102 cm³/mol. The molecule has 0 aliphatic heterocycles. The Morgan fingerprint density at radius 2 is 2.08 bits per heavy atom. The van der Waals surface area contributed by atoms with Crippen molar-refractivity contribution in [2.24, 2.45) is 0 Å². The van der Waals surface area contributed by atoms with Gasteiger partial charge in [0.05, 0.1) is 5.56 Å². The van der Waals surface area contributed by atoms with E-state index in [2.05, 4.69) is 56.7 Å². The maximum Gasteiger partial charge on any atom is 0.261 e. The Labute approximate surface area is 151 Å². The predicted octanol–water partition coefficient (Wildman–Crippen LogP) is 4.14. The molecule has 0 atom stereocenters. The van der Waals surface area contributed by atoms with Crippen molar-refractivity contribution in [3.8, 4) is 11.5 Å². The van der Waals surface area contributed by atoms with Crippen LogP contribution in [0.25, 0.3) is 22.4 Å². The molecule has 0 saturated carbocycles. The van der Waals surface area contributed by atoms with Crippen molar-refractivity contribution in [1.82, 2.24) is 20.1 Å². The summed E-state index contributed by atoms with van der Waals surface area (Å²) < 4.78 is 5.28. The van der Waals surface area contributed by atoms with Gasteiger partial charge in [-0.25, -0.2) is 4.98 Å². The van der Waals surface area contributed by atoms with Gasteiger partial charge < -0.3 is 14.8 Å². The number of benzene rings is 1. The summed E-state index contributed by atoms with van der Waals surface area (Å²) in [6, 6.07) is 10.3. The summed E-state index contributed by atoms with van der Waals surface area (Å²) in [7, 11) is 0. The molecule has 0 spiro atoms. The number of rotatable bonds is 6. The van der Waals surface area contributed by atoms with Gasteiger partial charge in [-0.15, -0.1) is 0 Å². The highest BCUT2D eigenvalue weighted by molar-refractivity contribution is 5.86. The zero-order valence-corrected chi connectivity index (χ0v) is 14.9. The van der Waals surface area contributed by atoms with Gasteiger partial charge in [0.25, 0.3) is 5.89 Å². The zero-order valence-electron chi connectivity index (χ0n) is 14.9. The number of nitrogens with zero attached hydrogens (tertiary/aromatic N) is 3. The molecule has 0 radical (unpaired) electrons. The molecule has 0 bridgehead atoms. The van der Waals surface area contributed by atoms with Gasteiger partial charge in [-0.2, -0.15) is 4.98 Å². The molecule has 0 amide bonds. The lowest BCUT2D eigenvalue weighted by molar-refractivity contribution is 0.425. The molecule has 3 heterocycles. The number of anilines is 1. The Morgan fingerprint density at radius 1 is 1.15 bits per heavy atom. The Hall–Kier alpha value is -3.15. The third-order valence-corrected chi connectivity index (χ3v) is 4.52. The van der Waals surface area contributed by atoms with E-state index < -0.39 is 0 Å². The van der Waals surface area contributed by atoms with E-state index in [0.717, 1.165) is 30.8 Å². The molecule has 1 aromatic carbocycles. The number of pyridine rings is 1. The van der Waals surface area contributed by atoms with Crippen molar-refractivity contribution in [3.63, 3.8) is 0 Å². The number of nitrogens with one attached hydrogen (secondary N) is 2. The van der Waals surface area contributed by atoms with Crippen LogP contribution in [0.5, 0.6) is 0 Å². The van der Waals surface area contributed by atoms with Gasteiger partial charge in [-0.3, -0.25) is 0 Å². The van der Waals surface area contributed by atoms with Gasteiger partial charge in [0.1, 0.15) is 5.82 Å². The second kappa shape index (κ2) is 7.00. The molecule has 0 saturated heterocycles. The Kier molecular flexibility index (Phi) is 4.39. The molecule has 6 heteroatoms. The van der Waals surface area contributed by atoms with Crippen molar-refractivity contribution in [2.45, 2.75) is 26.7 Å². The molecule has 2 N–H and O–H groups in total. The molecule has 0 unspecified atom stereocenters. The molecule has 4 rings (SSSR count). The van der Waals surface area contributed by atoms with Gasteiger partial charge in [0.15, 0.2) is 5.82 Å². The van der Waals surface area contributed by atoms with E-state index in [9.17, 15) is 0 Å². The summed E-state index contributed by atoms with van der Waals surface area (Å²) in [6.07, 6.45) is 5.78. The minimum Gasteiger partial charge on any atom is -0.369 e. The van der Waals surface area contributed by atoms with Crippen LogP contribution in [0, 0.1) is 6.92 Å². The average molecular weight is 347 g/mol. The molecule has 0 aliphatic carbocycles. The van der Waals surface area contributed by atoms with Crippen LogP contribution in [0.1, 0.15) is 23.9 Å². The van der Waals surface area contributed by atoms with E-state index >= 15 is 0 Å². The maximum absolute atomic E-state index is 5.28. The summed E-state index contributed by atoms with van der Waals surface area (Å²) in [5.74, 6) is 1.85. The monoisotopic (exact) mass is 347 g/mol. The molecule has 0 fully saturated rings. The molecular formula is C20H21N5O. The van der Waals surface area contributed by atoms with E-state index in [4.69, 9.17) is 4.52 Å². The first-order chi connectivity index (χ1) is 12.8. The Balaban J connectivity index is 1.51. The van der Waals surface area contributed by atoms with E-state index in [1.165, 1.54) is 22.0 Å². The topological polar surface area (TPSA) is 79.6 Å². The van der Waals surface area contributed by atoms with Crippen molar-refractivity contribution in [2.75, 3.05) is 11.9 Å². The van der Waals surface area contributed by atoms with Crippen molar-refractivity contribution < 1.29 is 4.52 Å². The molecular weight excluding hydrogens is 326 g/mol. The van der Waals surface area contributed by atoms with Gasteiger partial charge in [0.2, 0.25) is 0 Å². The highest BCUT2D eigenvalue weighted by Gasteiger charge is 2.12. The number of aromatic nitrogens is 4. The molecule has 6 nitrogen and oxygen atoms in total. The minimum absolute atomic E-state index is 0.484. The van der Waals surface area contributed by atoms with Gasteiger partial charge >= 0.3 is 0 Å². The van der Waals surface area contributed by atoms with Crippen molar-refractivity contribution in [1.29, 1.82) is 0 Å². The second-order valence-corrected chi connectivity index (χ2v) is 6.23. The summed E-state index contributed by atoms with van der Waals surface area (Å²) in [4.78, 5) is 12.1. The third-order valence-electron chi connectivity index (χ3n) is 4.52. The van der Waals surface area contributed by atoms with Gasteiger partial charge in [-0.1, -0.05) is 30.3 Å². The average Bonchev–Trinajstić information content (AvgIpc) is 3.28. The van der Waals surface area contributed by atoms with Crippen molar-refractivity contribution >= 4 is 16.7 Å². The fourth-order valence-electron chi connectivity index (χ4n) is 3.22. The van der Waals surface area contributed by atoms with Gasteiger partial charge in [0, 0.05) is 29.8 Å². The normalized spacial score (nSPS) is 11.2. The van der Waals surface area contributed by atoms with Crippen LogP contribution in [0.3, 0.4) is 0 Å². The van der Waals surface area contributed by atoms with Crippen LogP contribution in [-0.4, -0.2) is 26.7 Å². The van der Waals surface area contributed by atoms with Gasteiger partial charge in [-0.05, 0) is 43.0 Å². The lowest BCUT2D eigenvalue weighted by Gasteiger charge is -2.08. The fourth-order valence-corrected chi connectivity index (χ4v) is 3.22. The van der Waals surface area contributed by atoms with Crippen LogP contribution in [-0.2, 0) is 12.8 Å². The van der Waals surface area contributed by atoms with E-state index in [-0.39, 0.29) is 0 Å². The Bertz CT molecular complexity index is 1030. The first-order valence-electron chi connectivity index (χ1n) is 8.83. The third kappa shape index (κ3) is 3.06. The SMILES string of the molecule is CCc1cccc2c(CCNc3ncccc3-c3nc(C)no3)c[nH]c12. The molecule has 3 aromatic heterocycles. The highest BCUT2D eigenvalue weighted by atomic mass is 16.5. The summed E-state index contributed by atoms with van der Waals surface area (Å²) >= 11 is 0. The first kappa shape index (κ1) is 16.3. The highest BCUT2D eigenvalue weighted by Crippen LogP contribution is 2.25. The van der Waals surface area contributed by atoms with Crippen LogP contribution in [0.2, 0.25) is 0 Å². The molecule has 132 valence electrons. The smallest absolute Gasteiger partial charge is 0.261 e. The number of fused-ring (bicyclic) bond motifs is 1. The number of aryl methyl sites for hydroxylation is 2. The maximum atomic E-state index is 5.28. The zero-order chi connectivity index (χ0) is 17.9.